The topological polar surface area (TPSA) is 63.6 Å². The molecule has 5 nitrogen and oxygen atoms in total. The van der Waals surface area contributed by atoms with E-state index in [0.717, 1.165) is 23.9 Å². The summed E-state index contributed by atoms with van der Waals surface area (Å²) in [5.74, 6) is 1.07. The van der Waals surface area contributed by atoms with E-state index in [1.807, 2.05) is 12.1 Å². The van der Waals surface area contributed by atoms with Gasteiger partial charge in [-0.2, -0.15) is 13.2 Å². The van der Waals surface area contributed by atoms with Crippen LogP contribution in [0.5, 0.6) is 0 Å². The molecule has 0 bridgehead atoms. The Morgan fingerprint density at radius 1 is 0.968 bits per heavy atom. The number of hydrogen-bond acceptors (Lipinski definition) is 5. The molecule has 0 amide bonds. The first-order valence-corrected chi connectivity index (χ1v) is 9.80. The van der Waals surface area contributed by atoms with Crippen molar-refractivity contribution in [3.8, 4) is 11.3 Å². The largest absolute Gasteiger partial charge is 0.418 e. The van der Waals surface area contributed by atoms with Crippen LogP contribution in [0.4, 0.5) is 24.7 Å². The van der Waals surface area contributed by atoms with Crippen LogP contribution in [-0.4, -0.2) is 19.9 Å². The molecule has 0 aliphatic carbocycles. The number of hydrogen-bond donors (Lipinski definition) is 1. The average molecular weight is 423 g/mol. The lowest BCUT2D eigenvalue weighted by Gasteiger charge is -2.13. The van der Waals surface area contributed by atoms with Crippen LogP contribution in [0, 0.1) is 5.92 Å². The molecule has 0 saturated heterocycles. The second-order valence-corrected chi connectivity index (χ2v) is 7.61. The molecule has 0 radical (unpaired) electrons. The number of aromatic nitrogens is 4. The van der Waals surface area contributed by atoms with E-state index in [2.05, 4.69) is 39.1 Å². The smallest absolute Gasteiger partial charge is 0.338 e. The van der Waals surface area contributed by atoms with E-state index in [1.54, 1.807) is 24.4 Å². The van der Waals surface area contributed by atoms with Crippen LogP contribution in [0.2, 0.25) is 0 Å². The van der Waals surface area contributed by atoms with Crippen LogP contribution in [-0.2, 0) is 12.6 Å². The monoisotopic (exact) mass is 423 g/mol. The Labute approximate surface area is 177 Å². The highest BCUT2D eigenvalue weighted by Crippen LogP contribution is 2.36. The molecular formula is C23H20F3N5. The predicted molar refractivity (Wildman–Crippen MR) is 114 cm³/mol. The van der Waals surface area contributed by atoms with E-state index in [9.17, 15) is 13.2 Å². The number of pyridine rings is 2. The van der Waals surface area contributed by atoms with Crippen LogP contribution < -0.4 is 5.32 Å². The molecule has 0 fully saturated rings. The summed E-state index contributed by atoms with van der Waals surface area (Å²) < 4.78 is 40.1. The van der Waals surface area contributed by atoms with Gasteiger partial charge in [-0.05, 0) is 48.7 Å². The summed E-state index contributed by atoms with van der Waals surface area (Å²) in [5.41, 5.74) is 1.71. The zero-order valence-electron chi connectivity index (χ0n) is 17.0. The van der Waals surface area contributed by atoms with Crippen molar-refractivity contribution in [1.82, 2.24) is 19.9 Å². The Bertz CT molecular complexity index is 1200. The Morgan fingerprint density at radius 2 is 1.81 bits per heavy atom. The molecule has 1 aromatic carbocycles. The van der Waals surface area contributed by atoms with Gasteiger partial charge in [0, 0.05) is 22.8 Å². The van der Waals surface area contributed by atoms with Gasteiger partial charge >= 0.3 is 6.18 Å². The summed E-state index contributed by atoms with van der Waals surface area (Å²) in [4.78, 5) is 16.9. The first-order valence-electron chi connectivity index (χ1n) is 9.80. The number of benzene rings is 1. The zero-order chi connectivity index (χ0) is 22.0. The van der Waals surface area contributed by atoms with Gasteiger partial charge in [-0.15, -0.1) is 0 Å². The van der Waals surface area contributed by atoms with Crippen molar-refractivity contribution in [2.45, 2.75) is 26.4 Å². The third-order valence-electron chi connectivity index (χ3n) is 4.73. The van der Waals surface area contributed by atoms with Gasteiger partial charge in [0.15, 0.2) is 0 Å². The molecule has 3 aromatic heterocycles. The molecule has 0 atom stereocenters. The van der Waals surface area contributed by atoms with Crippen LogP contribution in [0.25, 0.3) is 22.2 Å². The molecule has 1 N–H and O–H groups in total. The molecule has 3 heterocycles. The molecule has 0 saturated carbocycles. The van der Waals surface area contributed by atoms with Gasteiger partial charge in [0.2, 0.25) is 0 Å². The van der Waals surface area contributed by atoms with E-state index in [1.165, 1.54) is 18.6 Å². The highest BCUT2D eigenvalue weighted by Gasteiger charge is 2.34. The van der Waals surface area contributed by atoms with E-state index in [0.29, 0.717) is 28.2 Å². The number of alkyl halides is 3. The Balaban J connectivity index is 1.67. The summed E-state index contributed by atoms with van der Waals surface area (Å²) in [5, 5.41) is 3.90. The molecule has 4 aromatic rings. The summed E-state index contributed by atoms with van der Waals surface area (Å²) in [6.07, 6.45) is 0.859. The minimum Gasteiger partial charge on any atom is -0.338 e. The molecular weight excluding hydrogens is 403 g/mol. The summed E-state index contributed by atoms with van der Waals surface area (Å²) in [6, 6.07) is 11.1. The van der Waals surface area contributed by atoms with Gasteiger partial charge in [-0.1, -0.05) is 19.9 Å². The molecule has 158 valence electrons. The fraction of sp³-hybridized carbons (Fsp3) is 0.217. The van der Waals surface area contributed by atoms with Crippen molar-refractivity contribution in [1.29, 1.82) is 0 Å². The fourth-order valence-corrected chi connectivity index (χ4v) is 3.34. The maximum absolute atomic E-state index is 13.4. The number of nitrogens with one attached hydrogen (secondary N) is 1. The minimum absolute atomic E-state index is 0.130. The van der Waals surface area contributed by atoms with E-state index >= 15 is 0 Å². The Morgan fingerprint density at radius 3 is 2.52 bits per heavy atom. The summed E-state index contributed by atoms with van der Waals surface area (Å²) >= 11 is 0. The van der Waals surface area contributed by atoms with Crippen molar-refractivity contribution < 1.29 is 13.2 Å². The van der Waals surface area contributed by atoms with Gasteiger partial charge in [-0.25, -0.2) is 9.97 Å². The standard InChI is InChI=1S/C23H20F3N5/c1-14(2)10-16-6-7-17(12-28-16)31-22-18-8-5-15(11-20(18)29-13-30-22)21-19(23(24,25)26)4-3-9-27-21/h3-9,11-14H,10H2,1-2H3,(H,29,30,31). The lowest BCUT2D eigenvalue weighted by molar-refractivity contribution is -0.137. The number of rotatable bonds is 5. The van der Waals surface area contributed by atoms with Gasteiger partial charge in [-0.3, -0.25) is 9.97 Å². The quantitative estimate of drug-likeness (QED) is 0.423. The minimum atomic E-state index is -4.49. The molecule has 0 unspecified atom stereocenters. The molecule has 0 aliphatic heterocycles. The number of halogens is 3. The Hall–Kier alpha value is -3.55. The van der Waals surface area contributed by atoms with Crippen molar-refractivity contribution in [2.75, 3.05) is 5.32 Å². The van der Waals surface area contributed by atoms with Gasteiger partial charge in [0.05, 0.1) is 28.7 Å². The first kappa shape index (κ1) is 20.7. The van der Waals surface area contributed by atoms with Crippen LogP contribution in [0.3, 0.4) is 0 Å². The molecule has 0 aliphatic rings. The molecule has 8 heteroatoms. The highest BCUT2D eigenvalue weighted by molar-refractivity contribution is 5.93. The van der Waals surface area contributed by atoms with Crippen molar-refractivity contribution >= 4 is 22.4 Å². The lowest BCUT2D eigenvalue weighted by Crippen LogP contribution is -2.08. The third kappa shape index (κ3) is 4.63. The third-order valence-corrected chi connectivity index (χ3v) is 4.73. The van der Waals surface area contributed by atoms with E-state index in [-0.39, 0.29) is 5.69 Å². The van der Waals surface area contributed by atoms with Crippen molar-refractivity contribution in [3.05, 3.63) is 72.4 Å². The summed E-state index contributed by atoms with van der Waals surface area (Å²) in [6.45, 7) is 4.27. The predicted octanol–water partition coefficient (Wildman–Crippen LogP) is 6.05. The Kier molecular flexibility index (Phi) is 5.54. The zero-order valence-corrected chi connectivity index (χ0v) is 17.0. The van der Waals surface area contributed by atoms with Crippen molar-refractivity contribution in [3.63, 3.8) is 0 Å². The average Bonchev–Trinajstić information content (AvgIpc) is 2.74. The molecule has 31 heavy (non-hydrogen) atoms. The van der Waals surface area contributed by atoms with Gasteiger partial charge < -0.3 is 5.32 Å². The molecule has 0 spiro atoms. The maximum Gasteiger partial charge on any atom is 0.418 e. The fourth-order valence-electron chi connectivity index (χ4n) is 3.34. The molecule has 4 rings (SSSR count). The van der Waals surface area contributed by atoms with Crippen LogP contribution in [0.15, 0.2) is 61.2 Å². The number of anilines is 2. The second-order valence-electron chi connectivity index (χ2n) is 7.61. The van der Waals surface area contributed by atoms with Crippen LogP contribution in [0.1, 0.15) is 25.1 Å². The van der Waals surface area contributed by atoms with E-state index in [4.69, 9.17) is 0 Å². The first-order chi connectivity index (χ1) is 14.8. The maximum atomic E-state index is 13.4. The summed E-state index contributed by atoms with van der Waals surface area (Å²) in [7, 11) is 0. The second kappa shape index (κ2) is 8.29. The van der Waals surface area contributed by atoms with Crippen LogP contribution >= 0.6 is 0 Å². The number of nitrogens with zero attached hydrogens (tertiary/aromatic N) is 4. The van der Waals surface area contributed by atoms with Gasteiger partial charge in [0.25, 0.3) is 0 Å². The number of fused-ring (bicyclic) bond motifs is 1. The van der Waals surface area contributed by atoms with Crippen molar-refractivity contribution in [2.24, 2.45) is 5.92 Å². The highest BCUT2D eigenvalue weighted by atomic mass is 19.4. The van der Waals surface area contributed by atoms with Gasteiger partial charge in [0.1, 0.15) is 12.1 Å². The SMILES string of the molecule is CC(C)Cc1ccc(Nc2ncnc3cc(-c4ncccc4C(F)(F)F)ccc23)cn1. The van der Waals surface area contributed by atoms with E-state index < -0.39 is 11.7 Å². The normalized spacial score (nSPS) is 11.8. The lowest BCUT2D eigenvalue weighted by atomic mass is 10.0.